The molecule has 0 radical (unpaired) electrons. The molecule has 0 aromatic heterocycles. The van der Waals surface area contributed by atoms with Crippen molar-refractivity contribution in [2.45, 2.75) is 180 Å². The summed E-state index contributed by atoms with van der Waals surface area (Å²) in [7, 11) is 5.50. The van der Waals surface area contributed by atoms with Crippen LogP contribution in [0, 0.1) is 0 Å². The van der Waals surface area contributed by atoms with E-state index in [1.54, 1.807) is 0 Å². The largest absolute Gasteiger partial charge is 0.477 e. The van der Waals surface area contributed by atoms with Gasteiger partial charge in [0.1, 0.15) is 6.61 Å². The number of rotatable bonds is 35. The Bertz CT molecular complexity index is 864. The Morgan fingerprint density at radius 3 is 1.55 bits per heavy atom. The van der Waals surface area contributed by atoms with Crippen molar-refractivity contribution in [3.05, 3.63) is 24.3 Å². The van der Waals surface area contributed by atoms with Gasteiger partial charge in [0, 0.05) is 19.3 Å². The summed E-state index contributed by atoms with van der Waals surface area (Å²) in [5.41, 5.74) is 0. The van der Waals surface area contributed by atoms with Crippen molar-refractivity contribution in [3.63, 3.8) is 0 Å². The summed E-state index contributed by atoms with van der Waals surface area (Å²) in [6, 6.07) is -0.616. The Labute approximate surface area is 301 Å². The maximum Gasteiger partial charge on any atom is 0.362 e. The van der Waals surface area contributed by atoms with Gasteiger partial charge in [-0.2, -0.15) is 0 Å². The van der Waals surface area contributed by atoms with Crippen LogP contribution >= 0.6 is 0 Å². The third-order valence-electron chi connectivity index (χ3n) is 8.82. The number of esters is 2. The zero-order valence-corrected chi connectivity index (χ0v) is 32.4. The summed E-state index contributed by atoms with van der Waals surface area (Å²) >= 11 is 0. The average molecular weight is 695 g/mol. The summed E-state index contributed by atoms with van der Waals surface area (Å²) in [6.07, 6.45) is 33.7. The molecule has 8 heteroatoms. The number of nitrogens with zero attached hydrogens (tertiary/aromatic N) is 1. The first-order valence-electron chi connectivity index (χ1n) is 19.9. The molecule has 0 aliphatic heterocycles. The number of likely N-dealkylation sites (N-methyl/N-ethyl adjacent to an activating group) is 1. The van der Waals surface area contributed by atoms with Crippen molar-refractivity contribution in [3.8, 4) is 0 Å². The maximum atomic E-state index is 12.6. The van der Waals surface area contributed by atoms with Crippen LogP contribution in [0.15, 0.2) is 24.3 Å². The van der Waals surface area contributed by atoms with Crippen molar-refractivity contribution in [2.24, 2.45) is 0 Å². The molecule has 286 valence electrons. The van der Waals surface area contributed by atoms with E-state index >= 15 is 0 Å². The fourth-order valence-corrected chi connectivity index (χ4v) is 5.68. The molecule has 2 atom stereocenters. The first kappa shape index (κ1) is 46.8. The second kappa shape index (κ2) is 33.0. The summed E-state index contributed by atoms with van der Waals surface area (Å²) < 4.78 is 17.1. The van der Waals surface area contributed by atoms with Crippen LogP contribution in [0.5, 0.6) is 0 Å². The highest BCUT2D eigenvalue weighted by Gasteiger charge is 2.31. The van der Waals surface area contributed by atoms with Gasteiger partial charge in [0.25, 0.3) is 0 Å². The van der Waals surface area contributed by atoms with E-state index in [4.69, 9.17) is 14.2 Å². The Balaban J connectivity index is 4.37. The van der Waals surface area contributed by atoms with E-state index in [-0.39, 0.29) is 42.7 Å². The summed E-state index contributed by atoms with van der Waals surface area (Å²) in [4.78, 5) is 36.7. The topological polar surface area (TPSA) is 99.1 Å². The van der Waals surface area contributed by atoms with Gasteiger partial charge in [-0.05, 0) is 57.8 Å². The smallest absolute Gasteiger partial charge is 0.362 e. The van der Waals surface area contributed by atoms with Gasteiger partial charge in [0.2, 0.25) is 0 Å². The first-order valence-corrected chi connectivity index (χ1v) is 19.9. The molecule has 0 aromatic carbocycles. The minimum absolute atomic E-state index is 0.0493. The van der Waals surface area contributed by atoms with Crippen LogP contribution < -0.4 is 0 Å². The summed E-state index contributed by atoms with van der Waals surface area (Å²) in [5, 5.41) is 9.57. The minimum atomic E-state index is -0.881. The lowest BCUT2D eigenvalue weighted by atomic mass is 10.1. The molecule has 0 aliphatic rings. The van der Waals surface area contributed by atoms with Gasteiger partial charge in [0.15, 0.2) is 12.1 Å². The zero-order valence-electron chi connectivity index (χ0n) is 32.4. The van der Waals surface area contributed by atoms with Crippen LogP contribution in [0.2, 0.25) is 0 Å². The lowest BCUT2D eigenvalue weighted by Gasteiger charge is -2.31. The fraction of sp³-hybridized carbons (Fsp3) is 0.829. The normalized spacial score (nSPS) is 13.2. The number of ether oxygens (including phenoxy) is 3. The van der Waals surface area contributed by atoms with Crippen molar-refractivity contribution in [1.29, 1.82) is 0 Å². The number of unbranched alkanes of at least 4 members (excludes halogenated alkanes) is 17. The molecular weight excluding hydrogens is 618 g/mol. The highest BCUT2D eigenvalue weighted by Crippen LogP contribution is 2.13. The molecule has 0 saturated heterocycles. The van der Waals surface area contributed by atoms with E-state index in [2.05, 4.69) is 38.2 Å². The lowest BCUT2D eigenvalue weighted by molar-refractivity contribution is -0.887. The van der Waals surface area contributed by atoms with E-state index in [0.717, 1.165) is 44.9 Å². The van der Waals surface area contributed by atoms with Crippen LogP contribution in [-0.2, 0) is 28.6 Å². The third-order valence-corrected chi connectivity index (χ3v) is 8.82. The fourth-order valence-electron chi connectivity index (χ4n) is 5.68. The predicted octanol–water partition coefficient (Wildman–Crippen LogP) is 10.1. The molecule has 0 amide bonds. The number of carboxylic acid groups (broad SMARTS) is 1. The quantitative estimate of drug-likeness (QED) is 0.0305. The monoisotopic (exact) mass is 695 g/mol. The van der Waals surface area contributed by atoms with Crippen LogP contribution in [0.3, 0.4) is 0 Å². The predicted molar refractivity (Wildman–Crippen MR) is 202 cm³/mol. The first-order chi connectivity index (χ1) is 23.6. The third kappa shape index (κ3) is 31.5. The van der Waals surface area contributed by atoms with Crippen LogP contribution in [0.4, 0.5) is 0 Å². The van der Waals surface area contributed by atoms with Gasteiger partial charge in [-0.3, -0.25) is 9.59 Å². The number of carbonyl (C=O) groups is 3. The van der Waals surface area contributed by atoms with E-state index in [9.17, 15) is 19.5 Å². The molecule has 1 N–H and O–H groups in total. The number of quaternary nitrogens is 1. The molecule has 0 fully saturated rings. The molecular formula is C41H76NO7+. The maximum absolute atomic E-state index is 12.6. The molecule has 0 saturated carbocycles. The summed E-state index contributed by atoms with van der Waals surface area (Å²) in [6.45, 7) is 4.65. The van der Waals surface area contributed by atoms with Gasteiger partial charge in [-0.25, -0.2) is 4.79 Å². The van der Waals surface area contributed by atoms with Crippen LogP contribution in [0.25, 0.3) is 0 Å². The molecule has 8 nitrogen and oxygen atoms in total. The molecule has 0 rings (SSSR count). The second-order valence-corrected chi connectivity index (χ2v) is 14.5. The number of carbonyl (C=O) groups excluding carboxylic acids is 2. The SMILES string of the molecule is CCCCCC/C=C/CCCC(=O)OC(COCCC(C(=O)O)[N+](C)(C)C)COC(=O)CCCCCCC/C=C/CCCCCCCCC. The Hall–Kier alpha value is -2.19. The van der Waals surface area contributed by atoms with Crippen molar-refractivity contribution in [1.82, 2.24) is 0 Å². The van der Waals surface area contributed by atoms with E-state index < -0.39 is 18.1 Å². The molecule has 0 spiro atoms. The molecule has 0 aromatic rings. The van der Waals surface area contributed by atoms with Crippen molar-refractivity contribution in [2.75, 3.05) is 41.0 Å². The lowest BCUT2D eigenvalue weighted by Crippen LogP contribution is -2.50. The van der Waals surface area contributed by atoms with Crippen molar-refractivity contribution >= 4 is 17.9 Å². The van der Waals surface area contributed by atoms with E-state index in [0.29, 0.717) is 19.3 Å². The van der Waals surface area contributed by atoms with Gasteiger partial charge in [-0.15, -0.1) is 0 Å². The molecule has 2 unspecified atom stereocenters. The number of allylic oxidation sites excluding steroid dienone is 4. The zero-order chi connectivity index (χ0) is 36.4. The van der Waals surface area contributed by atoms with Crippen LogP contribution in [0.1, 0.15) is 168 Å². The number of hydrogen-bond acceptors (Lipinski definition) is 6. The number of carboxylic acids is 1. The highest BCUT2D eigenvalue weighted by atomic mass is 16.6. The Kier molecular flexibility index (Phi) is 31.5. The van der Waals surface area contributed by atoms with Gasteiger partial charge < -0.3 is 23.8 Å². The average Bonchev–Trinajstić information content (AvgIpc) is 3.05. The van der Waals surface area contributed by atoms with Gasteiger partial charge in [0.05, 0.1) is 34.4 Å². The molecule has 0 bridgehead atoms. The second-order valence-electron chi connectivity index (χ2n) is 14.5. The molecule has 0 aliphatic carbocycles. The molecule has 49 heavy (non-hydrogen) atoms. The molecule has 0 heterocycles. The summed E-state index contributed by atoms with van der Waals surface area (Å²) in [5.74, 6) is -1.52. The Morgan fingerprint density at radius 1 is 0.592 bits per heavy atom. The van der Waals surface area contributed by atoms with E-state index in [1.807, 2.05) is 21.1 Å². The Morgan fingerprint density at radius 2 is 1.04 bits per heavy atom. The van der Waals surface area contributed by atoms with E-state index in [1.165, 1.54) is 83.5 Å². The van der Waals surface area contributed by atoms with Gasteiger partial charge >= 0.3 is 17.9 Å². The number of aliphatic carboxylic acids is 1. The van der Waals surface area contributed by atoms with Crippen LogP contribution in [-0.4, -0.2) is 80.6 Å². The standard InChI is InChI=1S/C41H75NO7/c1-6-8-10-12-14-16-17-18-19-20-21-22-24-25-27-29-31-39(43)48-36-37(35-47-34-33-38(41(45)46)42(3,4)5)49-40(44)32-30-28-26-23-15-13-11-9-7-2/h19-20,23,26,37-38H,6-18,21-22,24-25,27-36H2,1-5H3/p+1/b20-19+,26-23+. The number of hydrogen-bond donors (Lipinski definition) is 1. The highest BCUT2D eigenvalue weighted by molar-refractivity contribution is 5.72. The minimum Gasteiger partial charge on any atom is -0.477 e. The van der Waals surface area contributed by atoms with Gasteiger partial charge in [-0.1, -0.05) is 115 Å². The van der Waals surface area contributed by atoms with Crippen molar-refractivity contribution < 1.29 is 38.2 Å².